The first-order valence-electron chi connectivity index (χ1n) is 13.0. The van der Waals surface area contributed by atoms with E-state index >= 15 is 0 Å². The van der Waals surface area contributed by atoms with Crippen LogP contribution >= 0.6 is 0 Å². The Morgan fingerprint density at radius 3 is 1.69 bits per heavy atom. The lowest BCUT2D eigenvalue weighted by Crippen LogP contribution is -2.11. The van der Waals surface area contributed by atoms with E-state index in [9.17, 15) is 9.59 Å². The lowest BCUT2D eigenvalue weighted by atomic mass is 9.88. The Hall–Kier alpha value is -3.66. The maximum absolute atomic E-state index is 12.4. The van der Waals surface area contributed by atoms with Gasteiger partial charge in [0.15, 0.2) is 0 Å². The summed E-state index contributed by atoms with van der Waals surface area (Å²) in [7, 11) is 0. The van der Waals surface area contributed by atoms with E-state index in [1.807, 2.05) is 24.3 Å². The fourth-order valence-electron chi connectivity index (χ4n) is 4.50. The number of nitrogens with one attached hydrogen (secondary N) is 1. The Bertz CT molecular complexity index is 1120. The molecule has 0 saturated carbocycles. The van der Waals surface area contributed by atoms with Crippen LogP contribution in [-0.2, 0) is 9.59 Å². The average molecular weight is 484 g/mol. The van der Waals surface area contributed by atoms with Crippen molar-refractivity contribution >= 4 is 28.7 Å². The van der Waals surface area contributed by atoms with E-state index in [4.69, 9.17) is 5.11 Å². The molecule has 0 spiro atoms. The molecule has 0 fully saturated rings. The summed E-state index contributed by atoms with van der Waals surface area (Å²) in [6.45, 7) is 2.19. The first-order chi connectivity index (χ1) is 17.6. The molecule has 36 heavy (non-hydrogen) atoms. The highest BCUT2D eigenvalue weighted by Crippen LogP contribution is 2.34. The zero-order valence-corrected chi connectivity index (χ0v) is 21.2. The maximum Gasteiger partial charge on any atom is 0.303 e. The van der Waals surface area contributed by atoms with E-state index in [-0.39, 0.29) is 12.3 Å². The number of carbonyl (C=O) groups excluding carboxylic acids is 1. The number of carboxylic acid groups (broad SMARTS) is 1. The number of aliphatic carboxylic acids is 1. The Kier molecular flexibility index (Phi) is 11.0. The first-order valence-corrected chi connectivity index (χ1v) is 13.0. The standard InChI is InChI=1S/C32H37NO3/c1-2-29(25-15-9-7-10-16-25)32(26-17-11-8-12-18-26)27-21-23-28(24-22-27)33-30(34)19-13-5-3-4-6-14-20-31(35)36/h7-12,15-18,21-24H,2-6,13-14,19-20H2,1H3,(H,33,34)(H,35,36)/b32-29-. The number of carbonyl (C=O) groups is 2. The predicted octanol–water partition coefficient (Wildman–Crippen LogP) is 8.20. The molecular weight excluding hydrogens is 446 g/mol. The zero-order valence-electron chi connectivity index (χ0n) is 21.2. The third kappa shape index (κ3) is 8.53. The van der Waals surface area contributed by atoms with Crippen LogP contribution in [0, 0.1) is 0 Å². The number of benzene rings is 3. The van der Waals surface area contributed by atoms with E-state index in [1.165, 1.54) is 22.3 Å². The maximum atomic E-state index is 12.4. The molecule has 0 heterocycles. The number of amides is 1. The molecule has 0 unspecified atom stereocenters. The van der Waals surface area contributed by atoms with E-state index < -0.39 is 5.97 Å². The highest BCUT2D eigenvalue weighted by molar-refractivity contribution is 5.99. The van der Waals surface area contributed by atoms with Gasteiger partial charge in [-0.25, -0.2) is 0 Å². The van der Waals surface area contributed by atoms with Gasteiger partial charge in [-0.3, -0.25) is 9.59 Å². The number of hydrogen-bond acceptors (Lipinski definition) is 2. The monoisotopic (exact) mass is 483 g/mol. The highest BCUT2D eigenvalue weighted by Gasteiger charge is 2.13. The molecule has 188 valence electrons. The van der Waals surface area contributed by atoms with Crippen molar-refractivity contribution in [3.05, 3.63) is 102 Å². The van der Waals surface area contributed by atoms with Crippen LogP contribution in [0.25, 0.3) is 11.1 Å². The van der Waals surface area contributed by atoms with Crippen molar-refractivity contribution in [1.82, 2.24) is 0 Å². The molecule has 0 aliphatic rings. The van der Waals surface area contributed by atoms with Gasteiger partial charge < -0.3 is 10.4 Å². The molecule has 0 aromatic heterocycles. The minimum Gasteiger partial charge on any atom is -0.481 e. The first kappa shape index (κ1) is 26.9. The Morgan fingerprint density at radius 1 is 0.639 bits per heavy atom. The van der Waals surface area contributed by atoms with Gasteiger partial charge in [-0.1, -0.05) is 105 Å². The van der Waals surface area contributed by atoms with Gasteiger partial charge in [0.1, 0.15) is 0 Å². The minimum absolute atomic E-state index is 0.0333. The van der Waals surface area contributed by atoms with E-state index in [0.717, 1.165) is 56.2 Å². The molecule has 3 rings (SSSR count). The summed E-state index contributed by atoms with van der Waals surface area (Å²) in [4.78, 5) is 22.9. The van der Waals surface area contributed by atoms with E-state index in [1.54, 1.807) is 0 Å². The Labute approximate surface area is 215 Å². The zero-order chi connectivity index (χ0) is 25.6. The average Bonchev–Trinajstić information content (AvgIpc) is 2.90. The second kappa shape index (κ2) is 14.7. The van der Waals surface area contributed by atoms with Crippen LogP contribution in [0.3, 0.4) is 0 Å². The summed E-state index contributed by atoms with van der Waals surface area (Å²) in [5.74, 6) is -0.694. The molecule has 2 N–H and O–H groups in total. The highest BCUT2D eigenvalue weighted by atomic mass is 16.4. The van der Waals surface area contributed by atoms with Crippen molar-refractivity contribution in [3.8, 4) is 0 Å². The topological polar surface area (TPSA) is 66.4 Å². The van der Waals surface area contributed by atoms with Gasteiger partial charge in [-0.15, -0.1) is 0 Å². The van der Waals surface area contributed by atoms with Gasteiger partial charge in [0.25, 0.3) is 0 Å². The normalized spacial score (nSPS) is 11.6. The molecular formula is C32H37NO3. The third-order valence-corrected chi connectivity index (χ3v) is 6.34. The smallest absolute Gasteiger partial charge is 0.303 e. The summed E-state index contributed by atoms with van der Waals surface area (Å²) < 4.78 is 0. The number of unbranched alkanes of at least 4 members (excludes halogenated alkanes) is 5. The second-order valence-electron chi connectivity index (χ2n) is 9.08. The van der Waals surface area contributed by atoms with Gasteiger partial charge in [0.2, 0.25) is 5.91 Å². The van der Waals surface area contributed by atoms with E-state index in [0.29, 0.717) is 6.42 Å². The quantitative estimate of drug-likeness (QED) is 0.179. The lowest BCUT2D eigenvalue weighted by Gasteiger charge is -2.17. The number of rotatable bonds is 14. The SMILES string of the molecule is CC/C(=C(\c1ccccc1)c1ccc(NC(=O)CCCCCCCCC(=O)O)cc1)c1ccccc1. The summed E-state index contributed by atoms with van der Waals surface area (Å²) in [6, 6.07) is 29.1. The molecule has 0 atom stereocenters. The van der Waals surface area contributed by atoms with E-state index in [2.05, 4.69) is 72.9 Å². The van der Waals surface area contributed by atoms with Gasteiger partial charge in [-0.05, 0) is 59.2 Å². The van der Waals surface area contributed by atoms with Crippen molar-refractivity contribution < 1.29 is 14.7 Å². The van der Waals surface area contributed by atoms with Crippen LogP contribution in [0.15, 0.2) is 84.9 Å². The summed E-state index contributed by atoms with van der Waals surface area (Å²) in [6.07, 6.45) is 7.23. The number of anilines is 1. The van der Waals surface area contributed by atoms with Crippen LogP contribution in [0.2, 0.25) is 0 Å². The van der Waals surface area contributed by atoms with Crippen LogP contribution in [0.5, 0.6) is 0 Å². The number of allylic oxidation sites excluding steroid dienone is 1. The summed E-state index contributed by atoms with van der Waals surface area (Å²) in [5, 5.41) is 11.7. The molecule has 1 amide bonds. The van der Waals surface area contributed by atoms with Crippen LogP contribution < -0.4 is 5.32 Å². The van der Waals surface area contributed by atoms with Crippen LogP contribution in [0.1, 0.15) is 81.4 Å². The minimum atomic E-state index is -0.728. The Morgan fingerprint density at radius 2 is 1.14 bits per heavy atom. The van der Waals surface area contributed by atoms with Crippen LogP contribution in [0.4, 0.5) is 5.69 Å². The van der Waals surface area contributed by atoms with Crippen molar-refractivity contribution in [3.63, 3.8) is 0 Å². The Balaban J connectivity index is 1.62. The summed E-state index contributed by atoms with van der Waals surface area (Å²) >= 11 is 0. The van der Waals surface area contributed by atoms with Crippen molar-refractivity contribution in [2.45, 2.75) is 64.7 Å². The second-order valence-corrected chi connectivity index (χ2v) is 9.08. The largest absolute Gasteiger partial charge is 0.481 e. The summed E-state index contributed by atoms with van der Waals surface area (Å²) in [5.41, 5.74) is 6.84. The molecule has 0 radical (unpaired) electrons. The predicted molar refractivity (Wildman–Crippen MR) is 149 cm³/mol. The number of carboxylic acids is 1. The fraction of sp³-hybridized carbons (Fsp3) is 0.312. The van der Waals surface area contributed by atoms with Gasteiger partial charge in [-0.2, -0.15) is 0 Å². The molecule has 0 bridgehead atoms. The van der Waals surface area contributed by atoms with Gasteiger partial charge in [0.05, 0.1) is 0 Å². The lowest BCUT2D eigenvalue weighted by molar-refractivity contribution is -0.137. The molecule has 0 aliphatic carbocycles. The van der Waals surface area contributed by atoms with Crippen LogP contribution in [-0.4, -0.2) is 17.0 Å². The van der Waals surface area contributed by atoms with Crippen molar-refractivity contribution in [1.29, 1.82) is 0 Å². The molecule has 0 aliphatic heterocycles. The van der Waals surface area contributed by atoms with Crippen molar-refractivity contribution in [2.75, 3.05) is 5.32 Å². The fourth-order valence-corrected chi connectivity index (χ4v) is 4.50. The molecule has 4 nitrogen and oxygen atoms in total. The number of hydrogen-bond donors (Lipinski definition) is 2. The molecule has 3 aromatic carbocycles. The molecule has 3 aromatic rings. The van der Waals surface area contributed by atoms with Gasteiger partial charge in [0, 0.05) is 18.5 Å². The van der Waals surface area contributed by atoms with Gasteiger partial charge >= 0.3 is 5.97 Å². The van der Waals surface area contributed by atoms with Crippen molar-refractivity contribution in [2.24, 2.45) is 0 Å². The molecule has 4 heteroatoms. The molecule has 0 saturated heterocycles. The third-order valence-electron chi connectivity index (χ3n) is 6.34.